The molecule has 0 aliphatic carbocycles. The summed E-state index contributed by atoms with van der Waals surface area (Å²) in [5.74, 6) is 1.96. The van der Waals surface area contributed by atoms with Crippen LogP contribution in [0.2, 0.25) is 0 Å². The topological polar surface area (TPSA) is 68.9 Å². The van der Waals surface area contributed by atoms with Crippen LogP contribution in [0.4, 0.5) is 5.69 Å². The Kier molecular flexibility index (Phi) is 5.36. The van der Waals surface area contributed by atoms with Gasteiger partial charge in [0.05, 0.1) is 13.7 Å². The third-order valence-corrected chi connectivity index (χ3v) is 3.72. The maximum atomic E-state index is 5.91. The molecule has 0 aliphatic rings. The summed E-state index contributed by atoms with van der Waals surface area (Å²) >= 11 is 0. The highest BCUT2D eigenvalue weighted by atomic mass is 16.5. The molecule has 0 fully saturated rings. The number of nitrogens with zero attached hydrogens (tertiary/aromatic N) is 1. The van der Waals surface area contributed by atoms with Gasteiger partial charge in [0.2, 0.25) is 0 Å². The van der Waals surface area contributed by atoms with E-state index in [1.54, 1.807) is 7.11 Å². The molecular formula is C20H21N3O2. The molecule has 3 N–H and O–H groups in total. The van der Waals surface area contributed by atoms with Crippen LogP contribution in [-0.4, -0.2) is 26.2 Å². The maximum Gasteiger partial charge on any atom is 0.193 e. The predicted molar refractivity (Wildman–Crippen MR) is 103 cm³/mol. The largest absolute Gasteiger partial charge is 0.497 e. The van der Waals surface area contributed by atoms with Crippen LogP contribution in [-0.2, 0) is 0 Å². The summed E-state index contributed by atoms with van der Waals surface area (Å²) in [5, 5.41) is 5.29. The van der Waals surface area contributed by atoms with E-state index in [4.69, 9.17) is 15.2 Å². The zero-order valence-electron chi connectivity index (χ0n) is 14.1. The van der Waals surface area contributed by atoms with E-state index in [1.807, 2.05) is 54.6 Å². The fourth-order valence-corrected chi connectivity index (χ4v) is 2.53. The fourth-order valence-electron chi connectivity index (χ4n) is 2.53. The number of anilines is 1. The monoisotopic (exact) mass is 335 g/mol. The number of aliphatic imine (C=N–C) groups is 1. The molecule has 0 saturated carbocycles. The van der Waals surface area contributed by atoms with Gasteiger partial charge in [-0.05, 0) is 23.6 Å². The Bertz CT molecular complexity index is 872. The number of fused-ring (bicyclic) bond motifs is 1. The van der Waals surface area contributed by atoms with E-state index in [2.05, 4.69) is 22.4 Å². The lowest BCUT2D eigenvalue weighted by Gasteiger charge is -2.09. The molecule has 0 saturated heterocycles. The summed E-state index contributed by atoms with van der Waals surface area (Å²) < 4.78 is 11.0. The first kappa shape index (κ1) is 16.6. The first-order valence-corrected chi connectivity index (χ1v) is 8.08. The number of nitrogens with two attached hydrogens (primary N) is 1. The summed E-state index contributed by atoms with van der Waals surface area (Å²) in [7, 11) is 1.63. The van der Waals surface area contributed by atoms with Crippen molar-refractivity contribution in [2.24, 2.45) is 10.7 Å². The zero-order valence-corrected chi connectivity index (χ0v) is 14.1. The van der Waals surface area contributed by atoms with Crippen molar-refractivity contribution in [1.29, 1.82) is 0 Å². The second-order valence-electron chi connectivity index (χ2n) is 5.45. The maximum absolute atomic E-state index is 5.91. The van der Waals surface area contributed by atoms with Gasteiger partial charge in [-0.1, -0.05) is 42.5 Å². The van der Waals surface area contributed by atoms with Crippen molar-refractivity contribution < 1.29 is 9.47 Å². The van der Waals surface area contributed by atoms with Gasteiger partial charge in [-0.2, -0.15) is 0 Å². The molecule has 3 aromatic rings. The third-order valence-electron chi connectivity index (χ3n) is 3.72. The Morgan fingerprint density at radius 1 is 1.04 bits per heavy atom. The van der Waals surface area contributed by atoms with E-state index in [0.717, 1.165) is 28.0 Å². The van der Waals surface area contributed by atoms with Crippen molar-refractivity contribution in [2.45, 2.75) is 0 Å². The van der Waals surface area contributed by atoms with Crippen molar-refractivity contribution in [1.82, 2.24) is 0 Å². The van der Waals surface area contributed by atoms with Crippen LogP contribution in [0.5, 0.6) is 11.5 Å². The standard InChI is InChI=1S/C20H21N3O2/c1-24-17-9-5-8-16(14-17)23-20(21)22-12-13-25-19-11-4-7-15-6-2-3-10-18(15)19/h2-11,14H,12-13H2,1H3,(H3,21,22,23). The van der Waals surface area contributed by atoms with E-state index in [9.17, 15) is 0 Å². The van der Waals surface area contributed by atoms with Gasteiger partial charge in [-0.3, -0.25) is 0 Å². The van der Waals surface area contributed by atoms with E-state index in [1.165, 1.54) is 0 Å². The van der Waals surface area contributed by atoms with E-state index in [0.29, 0.717) is 19.1 Å². The van der Waals surface area contributed by atoms with Crippen LogP contribution in [0.3, 0.4) is 0 Å². The fraction of sp³-hybridized carbons (Fsp3) is 0.150. The highest BCUT2D eigenvalue weighted by Crippen LogP contribution is 2.24. The minimum Gasteiger partial charge on any atom is -0.497 e. The lowest BCUT2D eigenvalue weighted by atomic mass is 10.1. The summed E-state index contributed by atoms with van der Waals surface area (Å²) in [4.78, 5) is 4.29. The number of nitrogens with one attached hydrogen (secondary N) is 1. The molecular weight excluding hydrogens is 314 g/mol. The summed E-state index contributed by atoms with van der Waals surface area (Å²) in [6, 6.07) is 21.7. The van der Waals surface area contributed by atoms with Crippen LogP contribution < -0.4 is 20.5 Å². The summed E-state index contributed by atoms with van der Waals surface area (Å²) in [5.41, 5.74) is 6.74. The zero-order chi connectivity index (χ0) is 17.5. The van der Waals surface area contributed by atoms with Crippen molar-refractivity contribution in [3.8, 4) is 11.5 Å². The predicted octanol–water partition coefficient (Wildman–Crippen LogP) is 3.65. The van der Waals surface area contributed by atoms with Crippen LogP contribution >= 0.6 is 0 Å². The van der Waals surface area contributed by atoms with Crippen LogP contribution in [0.15, 0.2) is 71.7 Å². The summed E-state index contributed by atoms with van der Waals surface area (Å²) in [6.45, 7) is 0.917. The van der Waals surface area contributed by atoms with Gasteiger partial charge in [-0.15, -0.1) is 0 Å². The molecule has 0 spiro atoms. The number of ether oxygens (including phenoxy) is 2. The summed E-state index contributed by atoms with van der Waals surface area (Å²) in [6.07, 6.45) is 0. The Labute approximate surface area is 147 Å². The number of guanidine groups is 1. The van der Waals surface area contributed by atoms with Gasteiger partial charge in [0.15, 0.2) is 5.96 Å². The van der Waals surface area contributed by atoms with E-state index < -0.39 is 0 Å². The normalized spacial score (nSPS) is 11.3. The minimum absolute atomic E-state index is 0.342. The lowest BCUT2D eigenvalue weighted by Crippen LogP contribution is -2.23. The van der Waals surface area contributed by atoms with Crippen molar-refractivity contribution >= 4 is 22.4 Å². The number of hydrogen-bond acceptors (Lipinski definition) is 3. The molecule has 3 rings (SSSR count). The minimum atomic E-state index is 0.342. The molecule has 128 valence electrons. The van der Waals surface area contributed by atoms with Gasteiger partial charge in [0, 0.05) is 17.1 Å². The molecule has 5 nitrogen and oxygen atoms in total. The Morgan fingerprint density at radius 3 is 2.72 bits per heavy atom. The van der Waals surface area contributed by atoms with E-state index in [-0.39, 0.29) is 0 Å². The van der Waals surface area contributed by atoms with Crippen molar-refractivity contribution in [2.75, 3.05) is 25.6 Å². The van der Waals surface area contributed by atoms with Crippen LogP contribution in [0.25, 0.3) is 10.8 Å². The highest BCUT2D eigenvalue weighted by molar-refractivity contribution is 5.92. The van der Waals surface area contributed by atoms with Gasteiger partial charge in [-0.25, -0.2) is 4.99 Å². The van der Waals surface area contributed by atoms with Crippen LogP contribution in [0, 0.1) is 0 Å². The molecule has 0 amide bonds. The van der Waals surface area contributed by atoms with Gasteiger partial charge < -0.3 is 20.5 Å². The number of methoxy groups -OCH3 is 1. The average Bonchev–Trinajstić information content (AvgIpc) is 2.65. The van der Waals surface area contributed by atoms with Gasteiger partial charge >= 0.3 is 0 Å². The van der Waals surface area contributed by atoms with E-state index >= 15 is 0 Å². The van der Waals surface area contributed by atoms with Gasteiger partial charge in [0.25, 0.3) is 0 Å². The molecule has 0 bridgehead atoms. The Hall–Kier alpha value is -3.21. The van der Waals surface area contributed by atoms with Crippen molar-refractivity contribution in [3.63, 3.8) is 0 Å². The Balaban J connectivity index is 1.55. The first-order valence-electron chi connectivity index (χ1n) is 8.08. The molecule has 0 aromatic heterocycles. The first-order chi connectivity index (χ1) is 12.3. The molecule has 0 radical (unpaired) electrons. The highest BCUT2D eigenvalue weighted by Gasteiger charge is 2.01. The smallest absolute Gasteiger partial charge is 0.193 e. The number of hydrogen-bond donors (Lipinski definition) is 2. The second kappa shape index (κ2) is 8.06. The van der Waals surface area contributed by atoms with Crippen molar-refractivity contribution in [3.05, 3.63) is 66.7 Å². The van der Waals surface area contributed by atoms with Gasteiger partial charge in [0.1, 0.15) is 18.1 Å². The van der Waals surface area contributed by atoms with Crippen LogP contribution in [0.1, 0.15) is 0 Å². The second-order valence-corrected chi connectivity index (χ2v) is 5.45. The Morgan fingerprint density at radius 2 is 1.84 bits per heavy atom. The molecule has 25 heavy (non-hydrogen) atoms. The number of benzene rings is 3. The average molecular weight is 335 g/mol. The number of rotatable bonds is 6. The lowest BCUT2D eigenvalue weighted by molar-refractivity contribution is 0.332. The molecule has 0 unspecified atom stereocenters. The molecule has 0 heterocycles. The molecule has 0 atom stereocenters. The quantitative estimate of drug-likeness (QED) is 0.410. The SMILES string of the molecule is COc1cccc(NC(N)=NCCOc2cccc3ccccc23)c1. The molecule has 5 heteroatoms. The molecule has 3 aromatic carbocycles. The third kappa shape index (κ3) is 4.41. The molecule has 0 aliphatic heterocycles.